The Morgan fingerprint density at radius 2 is 1.61 bits per heavy atom. The van der Waals surface area contributed by atoms with Gasteiger partial charge in [-0.05, 0) is 53.8 Å². The van der Waals surface area contributed by atoms with Crippen LogP contribution in [0.5, 0.6) is 5.75 Å². The Morgan fingerprint density at radius 3 is 2.17 bits per heavy atom. The average Bonchev–Trinajstić information content (AvgIpc) is 2.84. The number of rotatable bonds is 3. The highest BCUT2D eigenvalue weighted by atomic mass is 31.2. The van der Waals surface area contributed by atoms with Gasteiger partial charge in [-0.3, -0.25) is 14.6 Å². The van der Waals surface area contributed by atoms with E-state index in [1.54, 1.807) is 18.2 Å². The van der Waals surface area contributed by atoms with Crippen molar-refractivity contribution in [1.29, 1.82) is 0 Å². The Bertz CT molecular complexity index is 792. The largest absolute Gasteiger partial charge is 0.524 e. The van der Waals surface area contributed by atoms with E-state index in [0.717, 1.165) is 22.3 Å². The number of phosphoric ester groups is 1. The van der Waals surface area contributed by atoms with Crippen molar-refractivity contribution in [2.45, 2.75) is 27.2 Å². The van der Waals surface area contributed by atoms with Gasteiger partial charge in [0.1, 0.15) is 5.75 Å². The van der Waals surface area contributed by atoms with Crippen LogP contribution in [0.15, 0.2) is 36.4 Å². The third-order valence-corrected chi connectivity index (χ3v) is 3.93. The Hall–Kier alpha value is -1.94. The molecular formula is C17H19O5P. The van der Waals surface area contributed by atoms with Gasteiger partial charge in [0.15, 0.2) is 5.78 Å². The highest BCUT2D eigenvalue weighted by Crippen LogP contribution is 2.42. The van der Waals surface area contributed by atoms with E-state index in [2.05, 4.69) is 4.52 Å². The molecule has 122 valence electrons. The van der Waals surface area contributed by atoms with Crippen LogP contribution in [0.3, 0.4) is 0 Å². The Balaban J connectivity index is 0.000000924. The standard InChI is InChI=1S/C15H13O5P.C2H6/c1-9(16)10-2-4-14-11(6-10)7-12-8-13(3-5-15(12)14)20-21(17,18)19;1-2/h2-6,8H,7H2,1H3,(H2,17,18,19);1-2H3. The lowest BCUT2D eigenvalue weighted by Gasteiger charge is -2.08. The van der Waals surface area contributed by atoms with E-state index in [-0.39, 0.29) is 11.5 Å². The highest BCUT2D eigenvalue weighted by Gasteiger charge is 2.22. The molecule has 1 aliphatic rings. The van der Waals surface area contributed by atoms with Crippen LogP contribution in [0.2, 0.25) is 0 Å². The maximum atomic E-state index is 11.4. The summed E-state index contributed by atoms with van der Waals surface area (Å²) in [5.74, 6) is 0.154. The molecular weight excluding hydrogens is 315 g/mol. The maximum Gasteiger partial charge on any atom is 0.524 e. The van der Waals surface area contributed by atoms with Crippen molar-refractivity contribution >= 4 is 13.6 Å². The predicted octanol–water partition coefficient (Wildman–Crippen LogP) is 3.96. The summed E-state index contributed by atoms with van der Waals surface area (Å²) in [4.78, 5) is 29.1. The van der Waals surface area contributed by atoms with Gasteiger partial charge < -0.3 is 4.52 Å². The maximum absolute atomic E-state index is 11.4. The van der Waals surface area contributed by atoms with E-state index < -0.39 is 7.82 Å². The zero-order chi connectivity index (χ0) is 17.2. The second kappa shape index (κ2) is 6.67. The summed E-state index contributed by atoms with van der Waals surface area (Å²) in [7, 11) is -4.55. The normalized spacial score (nSPS) is 11.9. The van der Waals surface area contributed by atoms with Crippen LogP contribution in [-0.4, -0.2) is 15.6 Å². The summed E-state index contributed by atoms with van der Waals surface area (Å²) >= 11 is 0. The lowest BCUT2D eigenvalue weighted by Crippen LogP contribution is -1.93. The van der Waals surface area contributed by atoms with E-state index in [9.17, 15) is 9.36 Å². The molecule has 0 aliphatic heterocycles. The summed E-state index contributed by atoms with van der Waals surface area (Å²) in [6.45, 7) is 5.52. The molecule has 0 saturated heterocycles. The van der Waals surface area contributed by atoms with Gasteiger partial charge in [0.2, 0.25) is 0 Å². The lowest BCUT2D eigenvalue weighted by atomic mass is 10.0. The Morgan fingerprint density at radius 1 is 1.04 bits per heavy atom. The quantitative estimate of drug-likeness (QED) is 0.559. The minimum atomic E-state index is -4.55. The minimum absolute atomic E-state index is 0.0132. The van der Waals surface area contributed by atoms with Gasteiger partial charge >= 0.3 is 7.82 Å². The molecule has 0 fully saturated rings. The van der Waals surface area contributed by atoms with Gasteiger partial charge in [0, 0.05) is 5.56 Å². The summed E-state index contributed by atoms with van der Waals surface area (Å²) in [6, 6.07) is 10.5. The second-order valence-electron chi connectivity index (χ2n) is 5.01. The molecule has 0 heterocycles. The van der Waals surface area contributed by atoms with Crippen LogP contribution in [0.1, 0.15) is 42.3 Å². The molecule has 5 nitrogen and oxygen atoms in total. The van der Waals surface area contributed by atoms with Gasteiger partial charge in [0.25, 0.3) is 0 Å². The third kappa shape index (κ3) is 3.88. The van der Waals surface area contributed by atoms with Gasteiger partial charge in [-0.25, -0.2) is 4.57 Å². The van der Waals surface area contributed by atoms with Crippen molar-refractivity contribution in [1.82, 2.24) is 0 Å². The fourth-order valence-corrected chi connectivity index (χ4v) is 2.99. The zero-order valence-electron chi connectivity index (χ0n) is 13.2. The van der Waals surface area contributed by atoms with E-state index in [4.69, 9.17) is 9.79 Å². The smallest absolute Gasteiger partial charge is 0.404 e. The zero-order valence-corrected chi connectivity index (χ0v) is 14.1. The summed E-state index contributed by atoms with van der Waals surface area (Å²) in [5.41, 5.74) is 4.66. The molecule has 3 rings (SSSR count). The Kier molecular flexibility index (Phi) is 5.05. The first-order chi connectivity index (χ1) is 10.8. The van der Waals surface area contributed by atoms with Gasteiger partial charge in [-0.2, -0.15) is 0 Å². The van der Waals surface area contributed by atoms with Gasteiger partial charge in [0.05, 0.1) is 0 Å². The molecule has 0 radical (unpaired) electrons. The Labute approximate surface area is 135 Å². The molecule has 2 aromatic carbocycles. The number of hydrogen-bond donors (Lipinski definition) is 2. The van der Waals surface area contributed by atoms with Crippen molar-refractivity contribution in [2.24, 2.45) is 0 Å². The van der Waals surface area contributed by atoms with Crippen LogP contribution in [0, 0.1) is 0 Å². The minimum Gasteiger partial charge on any atom is -0.404 e. The second-order valence-corrected chi connectivity index (χ2v) is 6.17. The third-order valence-electron chi connectivity index (χ3n) is 3.48. The molecule has 6 heteroatoms. The lowest BCUT2D eigenvalue weighted by molar-refractivity contribution is 0.101. The summed E-state index contributed by atoms with van der Waals surface area (Å²) < 4.78 is 15.5. The SMILES string of the molecule is CC.CC(=O)c1ccc2c(c1)Cc1cc(OP(=O)(O)O)ccc1-2. The van der Waals surface area contributed by atoms with Crippen LogP contribution < -0.4 is 4.52 Å². The first-order valence-corrected chi connectivity index (χ1v) is 8.89. The number of hydrogen-bond acceptors (Lipinski definition) is 3. The van der Waals surface area contributed by atoms with Crippen molar-refractivity contribution < 1.29 is 23.7 Å². The number of phosphoric acid groups is 1. The topological polar surface area (TPSA) is 83.8 Å². The molecule has 0 spiro atoms. The van der Waals surface area contributed by atoms with Crippen molar-refractivity contribution in [3.63, 3.8) is 0 Å². The molecule has 0 bridgehead atoms. The number of carbonyl (C=O) groups is 1. The van der Waals surface area contributed by atoms with E-state index in [0.29, 0.717) is 12.0 Å². The van der Waals surface area contributed by atoms with E-state index in [1.807, 2.05) is 26.0 Å². The number of ketones is 1. The van der Waals surface area contributed by atoms with Gasteiger partial charge in [-0.1, -0.05) is 32.0 Å². The van der Waals surface area contributed by atoms with E-state index >= 15 is 0 Å². The van der Waals surface area contributed by atoms with Crippen LogP contribution in [0.25, 0.3) is 11.1 Å². The summed E-state index contributed by atoms with van der Waals surface area (Å²) in [6.07, 6.45) is 0.615. The number of benzene rings is 2. The monoisotopic (exact) mass is 334 g/mol. The molecule has 0 amide bonds. The van der Waals surface area contributed by atoms with Crippen LogP contribution in [-0.2, 0) is 11.0 Å². The van der Waals surface area contributed by atoms with Crippen molar-refractivity contribution in [3.8, 4) is 16.9 Å². The van der Waals surface area contributed by atoms with Gasteiger partial charge in [-0.15, -0.1) is 0 Å². The van der Waals surface area contributed by atoms with Crippen LogP contribution >= 0.6 is 7.82 Å². The predicted molar refractivity (Wildman–Crippen MR) is 88.7 cm³/mol. The molecule has 0 unspecified atom stereocenters. The highest BCUT2D eigenvalue weighted by molar-refractivity contribution is 7.46. The van der Waals surface area contributed by atoms with Crippen molar-refractivity contribution in [2.75, 3.05) is 0 Å². The van der Waals surface area contributed by atoms with Crippen molar-refractivity contribution in [3.05, 3.63) is 53.1 Å². The molecule has 2 aromatic rings. The molecule has 0 aromatic heterocycles. The molecule has 1 aliphatic carbocycles. The first kappa shape index (κ1) is 17.4. The molecule has 0 saturated carbocycles. The number of carbonyl (C=O) groups excluding carboxylic acids is 1. The average molecular weight is 334 g/mol. The molecule has 0 atom stereocenters. The van der Waals surface area contributed by atoms with E-state index in [1.165, 1.54) is 13.0 Å². The first-order valence-electron chi connectivity index (χ1n) is 7.36. The number of fused-ring (bicyclic) bond motifs is 3. The molecule has 2 N–H and O–H groups in total. The fourth-order valence-electron chi connectivity index (χ4n) is 2.60. The fraction of sp³-hybridized carbons (Fsp3) is 0.235. The number of Topliss-reactive ketones (excluding diaryl/α,β-unsaturated/α-hetero) is 1. The summed E-state index contributed by atoms with van der Waals surface area (Å²) in [5, 5.41) is 0. The molecule has 23 heavy (non-hydrogen) atoms. The van der Waals surface area contributed by atoms with Crippen LogP contribution in [0.4, 0.5) is 0 Å².